The number of imidazole rings is 1. The number of amides is 2. The molecule has 250 valence electrons. The lowest BCUT2D eigenvalue weighted by molar-refractivity contribution is -0.0371. The Bertz CT molecular complexity index is 1760. The number of nitrogen functional groups attached to an aromatic ring is 1. The maximum atomic E-state index is 12.3. The summed E-state index contributed by atoms with van der Waals surface area (Å²) >= 11 is 0. The summed E-state index contributed by atoms with van der Waals surface area (Å²) in [6.07, 6.45) is 1.40. The number of ether oxygens (including phenoxy) is 2. The van der Waals surface area contributed by atoms with E-state index >= 15 is 0 Å². The minimum Gasteiger partial charge on any atom is -0.507 e. The summed E-state index contributed by atoms with van der Waals surface area (Å²) in [4.78, 5) is 40.7. The van der Waals surface area contributed by atoms with E-state index in [1.54, 1.807) is 24.3 Å². The molecule has 47 heavy (non-hydrogen) atoms. The highest BCUT2D eigenvalue weighted by Gasteiger charge is 2.43. The number of hydrogen-bond acceptors (Lipinski definition) is 12. The predicted molar refractivity (Wildman–Crippen MR) is 173 cm³/mol. The number of phenolic OH excluding ortho intramolecular Hbond substituents is 1. The number of hydrogen-bond donors (Lipinski definition) is 8. The number of anilines is 2. The van der Waals surface area contributed by atoms with Gasteiger partial charge in [-0.05, 0) is 55.3 Å². The lowest BCUT2D eigenvalue weighted by Gasteiger charge is -2.16. The Morgan fingerprint density at radius 1 is 1.06 bits per heavy atom. The molecule has 10 N–H and O–H groups in total. The molecule has 4 aromatic rings. The van der Waals surface area contributed by atoms with Gasteiger partial charge in [0.2, 0.25) is 0 Å². The van der Waals surface area contributed by atoms with Crippen LogP contribution < -0.4 is 27.4 Å². The van der Waals surface area contributed by atoms with Gasteiger partial charge in [-0.25, -0.2) is 24.5 Å². The maximum absolute atomic E-state index is 12.3. The van der Waals surface area contributed by atoms with Gasteiger partial charge in [-0.1, -0.05) is 6.07 Å². The van der Waals surface area contributed by atoms with Gasteiger partial charge in [0.15, 0.2) is 23.7 Å². The molecule has 17 heteroatoms. The topological polar surface area (TPSA) is 257 Å². The van der Waals surface area contributed by atoms with Gasteiger partial charge in [0.1, 0.15) is 29.8 Å². The third-order valence-corrected chi connectivity index (χ3v) is 7.73. The van der Waals surface area contributed by atoms with E-state index in [1.807, 2.05) is 0 Å². The summed E-state index contributed by atoms with van der Waals surface area (Å²) in [5, 5.41) is 41.1. The Kier molecular flexibility index (Phi) is 10.5. The molecular formula is C30H38N10O7. The summed E-state index contributed by atoms with van der Waals surface area (Å²) in [5.41, 5.74) is 13.3. The Morgan fingerprint density at radius 2 is 1.85 bits per heavy atom. The van der Waals surface area contributed by atoms with Crippen LogP contribution in [-0.4, -0.2) is 97.9 Å². The Balaban J connectivity index is 0.968. The van der Waals surface area contributed by atoms with Gasteiger partial charge in [-0.15, -0.1) is 0 Å². The number of unbranched alkanes of at least 4 members (excludes halogenated alkanes) is 1. The van der Waals surface area contributed by atoms with Crippen LogP contribution in [0.5, 0.6) is 5.75 Å². The van der Waals surface area contributed by atoms with Crippen molar-refractivity contribution in [2.45, 2.75) is 50.2 Å². The van der Waals surface area contributed by atoms with Crippen molar-refractivity contribution in [3.05, 3.63) is 48.5 Å². The zero-order valence-corrected chi connectivity index (χ0v) is 25.7. The smallest absolute Gasteiger partial charge is 0.338 e. The normalized spacial score (nSPS) is 19.6. The summed E-state index contributed by atoms with van der Waals surface area (Å²) < 4.78 is 12.2. The van der Waals surface area contributed by atoms with Crippen LogP contribution in [0.4, 0.5) is 16.3 Å². The monoisotopic (exact) mass is 650 g/mol. The highest BCUT2D eigenvalue weighted by Crippen LogP contribution is 2.34. The molecule has 4 atom stereocenters. The van der Waals surface area contributed by atoms with E-state index in [9.17, 15) is 24.9 Å². The number of carbonyl (C=O) groups is 2. The van der Waals surface area contributed by atoms with Crippen molar-refractivity contribution in [1.82, 2.24) is 30.2 Å². The fourth-order valence-electron chi connectivity index (χ4n) is 5.30. The minimum absolute atomic E-state index is 0.0970. The van der Waals surface area contributed by atoms with Gasteiger partial charge in [0, 0.05) is 30.7 Å². The molecule has 0 spiro atoms. The number of methoxy groups -OCH3 is 1. The van der Waals surface area contributed by atoms with E-state index in [0.29, 0.717) is 66.5 Å². The number of aliphatic hydroxyl groups excluding tert-OH is 2. The lowest BCUT2D eigenvalue weighted by Crippen LogP contribution is -2.34. The number of nitrogens with zero attached hydrogens (tertiary/aromatic N) is 5. The third-order valence-electron chi connectivity index (χ3n) is 7.73. The first-order valence-corrected chi connectivity index (χ1v) is 15.0. The number of aliphatic imine (C=N–C) groups is 1. The molecule has 0 bridgehead atoms. The van der Waals surface area contributed by atoms with Crippen LogP contribution in [0.1, 0.15) is 42.3 Å². The summed E-state index contributed by atoms with van der Waals surface area (Å²) in [5.74, 6) is -0.160. The Hall–Kier alpha value is -5.26. The third kappa shape index (κ3) is 7.76. The van der Waals surface area contributed by atoms with Crippen molar-refractivity contribution in [1.29, 1.82) is 0 Å². The number of rotatable bonds is 12. The second kappa shape index (κ2) is 14.9. The number of nitrogens with one attached hydrogen (secondary N) is 3. The van der Waals surface area contributed by atoms with E-state index in [0.717, 1.165) is 6.42 Å². The molecular weight excluding hydrogens is 612 g/mol. The SMILES string of the molecule is COC(=O)c1cc(O)c2cc(NC(=O)NCCCCNC(N)=NCCC[C@H]3O[C@@H](n4cnc5c(N)ncnc54)[C@H](O)[C@@H]3O)ccc2c1. The summed E-state index contributed by atoms with van der Waals surface area (Å²) in [6, 6.07) is 7.52. The number of fused-ring (bicyclic) bond motifs is 2. The highest BCUT2D eigenvalue weighted by atomic mass is 16.6. The molecule has 1 aliphatic rings. The molecule has 2 aromatic carbocycles. The van der Waals surface area contributed by atoms with E-state index in [-0.39, 0.29) is 23.1 Å². The molecule has 2 amide bonds. The number of carbonyl (C=O) groups excluding carboxylic acids is 2. The molecule has 1 fully saturated rings. The standard InChI is InChI=1S/C30H38N10O7/c1-46-28(44)17-11-16-6-7-18(13-19(16)20(41)12-17)39-30(45)35-9-3-2-8-33-29(32)34-10-4-5-21-23(42)24(43)27(47-21)40-15-38-22-25(31)36-14-37-26(22)40/h6-7,11-15,21,23-24,27,41-43H,2-5,8-10H2,1H3,(H2,31,36,37)(H3,32,33,34)(H2,35,39,45)/t21-,23-,24-,27-/m1/s1. The quantitative estimate of drug-likeness (QED) is 0.0460. The van der Waals surface area contributed by atoms with Crippen molar-refractivity contribution in [3.63, 3.8) is 0 Å². The molecule has 0 unspecified atom stereocenters. The van der Waals surface area contributed by atoms with Gasteiger partial charge in [-0.2, -0.15) is 0 Å². The van der Waals surface area contributed by atoms with Gasteiger partial charge >= 0.3 is 12.0 Å². The van der Waals surface area contributed by atoms with E-state index in [2.05, 4.69) is 35.9 Å². The van der Waals surface area contributed by atoms with E-state index in [4.69, 9.17) is 20.9 Å². The molecule has 1 saturated heterocycles. The number of aromatic nitrogens is 4. The van der Waals surface area contributed by atoms with Crippen LogP contribution in [0.15, 0.2) is 48.0 Å². The van der Waals surface area contributed by atoms with Crippen molar-refractivity contribution in [2.75, 3.05) is 37.8 Å². The molecule has 17 nitrogen and oxygen atoms in total. The molecule has 1 aliphatic heterocycles. The number of esters is 1. The first-order chi connectivity index (χ1) is 22.7. The molecule has 5 rings (SSSR count). The first-order valence-electron chi connectivity index (χ1n) is 15.0. The summed E-state index contributed by atoms with van der Waals surface area (Å²) in [7, 11) is 1.27. The average Bonchev–Trinajstić information content (AvgIpc) is 3.61. The van der Waals surface area contributed by atoms with Crippen LogP contribution >= 0.6 is 0 Å². The van der Waals surface area contributed by atoms with Gasteiger partial charge in [0.25, 0.3) is 0 Å². The van der Waals surface area contributed by atoms with Crippen LogP contribution in [0.25, 0.3) is 21.9 Å². The molecule has 0 saturated carbocycles. The van der Waals surface area contributed by atoms with Crippen molar-refractivity contribution in [2.24, 2.45) is 10.7 Å². The van der Waals surface area contributed by atoms with Crippen molar-refractivity contribution in [3.8, 4) is 5.75 Å². The lowest BCUT2D eigenvalue weighted by atomic mass is 10.0. The maximum Gasteiger partial charge on any atom is 0.338 e. The first kappa shape index (κ1) is 33.1. The Morgan fingerprint density at radius 3 is 2.64 bits per heavy atom. The molecule has 3 heterocycles. The molecule has 0 radical (unpaired) electrons. The van der Waals surface area contributed by atoms with E-state index < -0.39 is 36.5 Å². The highest BCUT2D eigenvalue weighted by molar-refractivity contribution is 6.00. The van der Waals surface area contributed by atoms with Crippen LogP contribution in [0, 0.1) is 0 Å². The zero-order valence-electron chi connectivity index (χ0n) is 25.7. The summed E-state index contributed by atoms with van der Waals surface area (Å²) in [6.45, 7) is 1.38. The number of guanidine groups is 1. The van der Waals surface area contributed by atoms with E-state index in [1.165, 1.54) is 30.4 Å². The average molecular weight is 651 g/mol. The van der Waals surface area contributed by atoms with Crippen LogP contribution in [-0.2, 0) is 9.47 Å². The number of nitrogens with two attached hydrogens (primary N) is 2. The zero-order chi connectivity index (χ0) is 33.5. The number of urea groups is 1. The van der Waals surface area contributed by atoms with Gasteiger partial charge in [0.05, 0.1) is 25.1 Å². The fourth-order valence-corrected chi connectivity index (χ4v) is 5.30. The second-order valence-corrected chi connectivity index (χ2v) is 11.0. The van der Waals surface area contributed by atoms with Crippen molar-refractivity contribution < 1.29 is 34.4 Å². The fraction of sp³-hybridized carbons (Fsp3) is 0.400. The van der Waals surface area contributed by atoms with Gasteiger partial charge in [-0.3, -0.25) is 9.56 Å². The van der Waals surface area contributed by atoms with Crippen LogP contribution in [0.3, 0.4) is 0 Å². The number of phenols is 1. The minimum atomic E-state index is -1.18. The Labute approximate surface area is 269 Å². The molecule has 2 aromatic heterocycles. The number of aliphatic hydroxyl groups is 2. The van der Waals surface area contributed by atoms with Gasteiger partial charge < -0.3 is 52.2 Å². The number of aromatic hydroxyl groups is 1. The second-order valence-electron chi connectivity index (χ2n) is 11.0. The number of benzene rings is 2. The molecule has 0 aliphatic carbocycles. The largest absolute Gasteiger partial charge is 0.507 e. The van der Waals surface area contributed by atoms with Crippen molar-refractivity contribution >= 4 is 51.4 Å². The van der Waals surface area contributed by atoms with Crippen LogP contribution in [0.2, 0.25) is 0 Å². The predicted octanol–water partition coefficient (Wildman–Crippen LogP) is 0.960.